The van der Waals surface area contributed by atoms with Gasteiger partial charge in [0.1, 0.15) is 0 Å². The average Bonchev–Trinajstić information content (AvgIpc) is 2.04. The summed E-state index contributed by atoms with van der Waals surface area (Å²) in [5.74, 6) is 0. The molecule has 12 heavy (non-hydrogen) atoms. The van der Waals surface area contributed by atoms with Crippen LogP contribution in [0, 0.1) is 5.41 Å². The van der Waals surface area contributed by atoms with Crippen LogP contribution in [0.2, 0.25) is 0 Å². The quantitative estimate of drug-likeness (QED) is 0.649. The molecule has 0 aromatic rings. The summed E-state index contributed by atoms with van der Waals surface area (Å²) >= 11 is 0. The van der Waals surface area contributed by atoms with Gasteiger partial charge in [-0.2, -0.15) is 0 Å². The molecule has 1 aliphatic carbocycles. The second kappa shape index (κ2) is 2.71. The zero-order valence-electron chi connectivity index (χ0n) is 7.81. The molecule has 2 rings (SSSR count). The van der Waals surface area contributed by atoms with Crippen molar-refractivity contribution in [1.29, 1.82) is 0 Å². The molecule has 1 spiro atoms. The SMILES string of the molecule is CCC1(O)CCC2(CC1)COC2. The molecule has 1 saturated carbocycles. The van der Waals surface area contributed by atoms with E-state index in [1.54, 1.807) is 0 Å². The van der Waals surface area contributed by atoms with E-state index in [0.29, 0.717) is 5.41 Å². The Labute approximate surface area is 73.9 Å². The molecule has 0 radical (unpaired) electrons. The van der Waals surface area contributed by atoms with Crippen LogP contribution in [-0.4, -0.2) is 23.9 Å². The molecule has 1 aliphatic heterocycles. The predicted octanol–water partition coefficient (Wildman–Crippen LogP) is 1.72. The van der Waals surface area contributed by atoms with E-state index in [0.717, 1.165) is 45.3 Å². The number of hydrogen-bond acceptors (Lipinski definition) is 2. The van der Waals surface area contributed by atoms with Crippen LogP contribution in [0.3, 0.4) is 0 Å². The van der Waals surface area contributed by atoms with E-state index in [-0.39, 0.29) is 5.60 Å². The number of aliphatic hydroxyl groups is 1. The first-order chi connectivity index (χ1) is 5.68. The lowest BCUT2D eigenvalue weighted by atomic mass is 9.67. The minimum atomic E-state index is -0.346. The zero-order chi connectivity index (χ0) is 8.66. The van der Waals surface area contributed by atoms with Crippen LogP contribution in [-0.2, 0) is 4.74 Å². The van der Waals surface area contributed by atoms with Gasteiger partial charge >= 0.3 is 0 Å². The molecule has 0 aromatic heterocycles. The Balaban J connectivity index is 1.92. The zero-order valence-corrected chi connectivity index (χ0v) is 7.81. The van der Waals surface area contributed by atoms with E-state index in [9.17, 15) is 5.11 Å². The largest absolute Gasteiger partial charge is 0.390 e. The summed E-state index contributed by atoms with van der Waals surface area (Å²) < 4.78 is 5.24. The van der Waals surface area contributed by atoms with Crippen molar-refractivity contribution in [3.8, 4) is 0 Å². The first kappa shape index (κ1) is 8.52. The van der Waals surface area contributed by atoms with Crippen molar-refractivity contribution in [2.24, 2.45) is 5.41 Å². The van der Waals surface area contributed by atoms with Crippen LogP contribution < -0.4 is 0 Å². The maximum atomic E-state index is 9.99. The Hall–Kier alpha value is -0.0800. The van der Waals surface area contributed by atoms with Crippen molar-refractivity contribution < 1.29 is 9.84 Å². The molecule has 0 aromatic carbocycles. The summed E-state index contributed by atoms with van der Waals surface area (Å²) in [5, 5.41) is 9.99. The maximum Gasteiger partial charge on any atom is 0.0645 e. The normalized spacial score (nSPS) is 31.5. The lowest BCUT2D eigenvalue weighted by Crippen LogP contribution is -2.49. The van der Waals surface area contributed by atoms with Crippen LogP contribution >= 0.6 is 0 Å². The summed E-state index contributed by atoms with van der Waals surface area (Å²) in [7, 11) is 0. The van der Waals surface area contributed by atoms with E-state index in [1.165, 1.54) is 0 Å². The highest BCUT2D eigenvalue weighted by molar-refractivity contribution is 4.95. The fourth-order valence-corrected chi connectivity index (χ4v) is 2.28. The Kier molecular flexibility index (Phi) is 1.92. The highest BCUT2D eigenvalue weighted by Crippen LogP contribution is 2.46. The second-order valence-corrected chi connectivity index (χ2v) is 4.57. The van der Waals surface area contributed by atoms with Crippen molar-refractivity contribution in [2.75, 3.05) is 13.2 Å². The molecule has 0 atom stereocenters. The van der Waals surface area contributed by atoms with Gasteiger partial charge in [-0.15, -0.1) is 0 Å². The molecule has 1 N–H and O–H groups in total. The fraction of sp³-hybridized carbons (Fsp3) is 1.00. The smallest absolute Gasteiger partial charge is 0.0645 e. The molecule has 1 saturated heterocycles. The highest BCUT2D eigenvalue weighted by Gasteiger charge is 2.45. The summed E-state index contributed by atoms with van der Waals surface area (Å²) in [4.78, 5) is 0. The molecule has 2 nitrogen and oxygen atoms in total. The lowest BCUT2D eigenvalue weighted by molar-refractivity contribution is -0.159. The van der Waals surface area contributed by atoms with Gasteiger partial charge in [0.15, 0.2) is 0 Å². The van der Waals surface area contributed by atoms with Crippen LogP contribution in [0.1, 0.15) is 39.0 Å². The monoisotopic (exact) mass is 170 g/mol. The van der Waals surface area contributed by atoms with Crippen LogP contribution in [0.15, 0.2) is 0 Å². The molecule has 2 heteroatoms. The van der Waals surface area contributed by atoms with E-state index in [1.807, 2.05) is 0 Å². The molecular weight excluding hydrogens is 152 g/mol. The summed E-state index contributed by atoms with van der Waals surface area (Å²) in [5.41, 5.74) is 0.127. The third-order valence-electron chi connectivity index (χ3n) is 3.72. The summed E-state index contributed by atoms with van der Waals surface area (Å²) in [6.07, 6.45) is 5.19. The van der Waals surface area contributed by atoms with Crippen molar-refractivity contribution in [3.63, 3.8) is 0 Å². The molecule has 70 valence electrons. The van der Waals surface area contributed by atoms with Gasteiger partial charge in [0, 0.05) is 5.41 Å². The van der Waals surface area contributed by atoms with Gasteiger partial charge in [-0.3, -0.25) is 0 Å². The first-order valence-electron chi connectivity index (χ1n) is 4.98. The van der Waals surface area contributed by atoms with Crippen LogP contribution in [0.5, 0.6) is 0 Å². The van der Waals surface area contributed by atoms with E-state index >= 15 is 0 Å². The average molecular weight is 170 g/mol. The Morgan fingerprint density at radius 3 is 2.08 bits per heavy atom. The van der Waals surface area contributed by atoms with Gasteiger partial charge in [-0.1, -0.05) is 6.92 Å². The van der Waals surface area contributed by atoms with Crippen LogP contribution in [0.4, 0.5) is 0 Å². The maximum absolute atomic E-state index is 9.99. The van der Waals surface area contributed by atoms with Crippen molar-refractivity contribution in [2.45, 2.75) is 44.6 Å². The standard InChI is InChI=1S/C10H18O2/c1-2-10(11)5-3-9(4-6-10)7-12-8-9/h11H,2-8H2,1H3. The van der Waals surface area contributed by atoms with Crippen molar-refractivity contribution >= 4 is 0 Å². The molecule has 1 heterocycles. The van der Waals surface area contributed by atoms with Gasteiger partial charge in [0.25, 0.3) is 0 Å². The van der Waals surface area contributed by atoms with Gasteiger partial charge in [-0.25, -0.2) is 0 Å². The second-order valence-electron chi connectivity index (χ2n) is 4.57. The molecule has 2 fully saturated rings. The summed E-state index contributed by atoms with van der Waals surface area (Å²) in [6.45, 7) is 3.95. The Morgan fingerprint density at radius 1 is 1.17 bits per heavy atom. The molecule has 0 amide bonds. The molecule has 0 bridgehead atoms. The lowest BCUT2D eigenvalue weighted by Gasteiger charge is -2.48. The van der Waals surface area contributed by atoms with Gasteiger partial charge < -0.3 is 9.84 Å². The molecule has 2 aliphatic rings. The first-order valence-corrected chi connectivity index (χ1v) is 4.98. The fourth-order valence-electron chi connectivity index (χ4n) is 2.28. The van der Waals surface area contributed by atoms with Gasteiger partial charge in [0.05, 0.1) is 18.8 Å². The number of hydrogen-bond donors (Lipinski definition) is 1. The van der Waals surface area contributed by atoms with E-state index in [2.05, 4.69) is 6.92 Å². The van der Waals surface area contributed by atoms with Gasteiger partial charge in [-0.05, 0) is 32.1 Å². The summed E-state index contributed by atoms with van der Waals surface area (Å²) in [6, 6.07) is 0. The highest BCUT2D eigenvalue weighted by atomic mass is 16.5. The number of ether oxygens (including phenoxy) is 1. The minimum Gasteiger partial charge on any atom is -0.390 e. The van der Waals surface area contributed by atoms with Crippen molar-refractivity contribution in [3.05, 3.63) is 0 Å². The molecular formula is C10H18O2. The van der Waals surface area contributed by atoms with E-state index in [4.69, 9.17) is 4.74 Å². The van der Waals surface area contributed by atoms with Crippen molar-refractivity contribution in [1.82, 2.24) is 0 Å². The minimum absolute atomic E-state index is 0.346. The Bertz CT molecular complexity index is 151. The predicted molar refractivity (Wildman–Crippen MR) is 47.0 cm³/mol. The molecule has 0 unspecified atom stereocenters. The van der Waals surface area contributed by atoms with E-state index < -0.39 is 0 Å². The van der Waals surface area contributed by atoms with Gasteiger partial charge in [0.2, 0.25) is 0 Å². The third-order valence-corrected chi connectivity index (χ3v) is 3.72. The third kappa shape index (κ3) is 1.27. The topological polar surface area (TPSA) is 29.5 Å². The Morgan fingerprint density at radius 2 is 1.75 bits per heavy atom. The van der Waals surface area contributed by atoms with Crippen LogP contribution in [0.25, 0.3) is 0 Å². The number of rotatable bonds is 1.